The minimum Gasteiger partial charge on any atom is -0.493 e. The molecule has 0 saturated heterocycles. The highest BCUT2D eigenvalue weighted by Crippen LogP contribution is 2.47. The van der Waals surface area contributed by atoms with E-state index in [0.717, 1.165) is 12.1 Å². The van der Waals surface area contributed by atoms with Gasteiger partial charge in [-0.3, -0.25) is 4.79 Å². The molecule has 0 aliphatic carbocycles. The van der Waals surface area contributed by atoms with E-state index in [1.807, 2.05) is 0 Å². The van der Waals surface area contributed by atoms with Gasteiger partial charge in [0.1, 0.15) is 16.7 Å². The lowest BCUT2D eigenvalue weighted by molar-refractivity contribution is -0.173. The van der Waals surface area contributed by atoms with Crippen molar-refractivity contribution in [2.75, 3.05) is 24.9 Å². The number of anilines is 2. The summed E-state index contributed by atoms with van der Waals surface area (Å²) in [6.45, 7) is 0. The van der Waals surface area contributed by atoms with Gasteiger partial charge in [0.25, 0.3) is 5.91 Å². The molecular weight excluding hydrogens is 515 g/mol. The summed E-state index contributed by atoms with van der Waals surface area (Å²) in [6, 6.07) is 5.31. The van der Waals surface area contributed by atoms with E-state index in [4.69, 9.17) is 32.7 Å². The van der Waals surface area contributed by atoms with Crippen molar-refractivity contribution in [2.24, 2.45) is 0 Å². The number of hydrogen-bond donors (Lipinski definition) is 2. The van der Waals surface area contributed by atoms with Crippen molar-refractivity contribution in [2.45, 2.75) is 24.7 Å². The minimum atomic E-state index is -4.68. The Morgan fingerprint density at radius 3 is 2.49 bits per heavy atom. The van der Waals surface area contributed by atoms with Crippen molar-refractivity contribution in [3.63, 3.8) is 0 Å². The number of halogens is 6. The lowest BCUT2D eigenvalue weighted by Crippen LogP contribution is -2.35. The lowest BCUT2D eigenvalue weighted by atomic mass is 9.96. The highest BCUT2D eigenvalue weighted by molar-refractivity contribution is 6.36. The number of benzene rings is 2. The summed E-state index contributed by atoms with van der Waals surface area (Å²) in [5.74, 6) is -0.980. The second-order valence-electron chi connectivity index (χ2n) is 7.64. The maximum Gasteiger partial charge on any atom is 0.410 e. The Balaban J connectivity index is 1.70. The standard InChI is InChI=1S/C22H18Cl2F4N4O3/c1-34-15-6-3-10(7-16(15)35-2)14-9-17(22(26,27)28)32-20(30-14)18(24)19(31-32)21(33)29-11-4-5-13(25)12(23)8-11/h3-8,14,17,30H,9H2,1-2H3,(H,29,33)/t14-,17-/m1/s1. The summed E-state index contributed by atoms with van der Waals surface area (Å²) in [4.78, 5) is 12.8. The largest absolute Gasteiger partial charge is 0.493 e. The van der Waals surface area contributed by atoms with Crippen LogP contribution in [0.4, 0.5) is 29.1 Å². The number of ether oxygens (including phenoxy) is 2. The molecule has 2 N–H and O–H groups in total. The maximum absolute atomic E-state index is 14.0. The van der Waals surface area contributed by atoms with E-state index in [9.17, 15) is 22.4 Å². The summed E-state index contributed by atoms with van der Waals surface area (Å²) < 4.78 is 66.5. The fourth-order valence-corrected chi connectivity index (χ4v) is 4.23. The predicted octanol–water partition coefficient (Wildman–Crippen LogP) is 6.26. The molecule has 0 fully saturated rings. The molecule has 2 aromatic carbocycles. The first kappa shape index (κ1) is 24.9. The molecule has 0 saturated carbocycles. The van der Waals surface area contributed by atoms with Gasteiger partial charge in [0, 0.05) is 12.1 Å². The van der Waals surface area contributed by atoms with Crippen molar-refractivity contribution >= 4 is 40.6 Å². The molecule has 1 aromatic heterocycles. The Hall–Kier alpha value is -3.18. The third kappa shape index (κ3) is 4.83. The van der Waals surface area contributed by atoms with Gasteiger partial charge in [0.05, 0.1) is 25.3 Å². The summed E-state index contributed by atoms with van der Waals surface area (Å²) in [6.07, 6.45) is -5.10. The van der Waals surface area contributed by atoms with Gasteiger partial charge in [0.15, 0.2) is 23.2 Å². The van der Waals surface area contributed by atoms with Gasteiger partial charge in [-0.15, -0.1) is 0 Å². The van der Waals surface area contributed by atoms with E-state index in [2.05, 4.69) is 15.7 Å². The van der Waals surface area contributed by atoms with Gasteiger partial charge in [-0.25, -0.2) is 9.07 Å². The predicted molar refractivity (Wildman–Crippen MR) is 122 cm³/mol. The second kappa shape index (κ2) is 9.46. The van der Waals surface area contributed by atoms with Gasteiger partial charge in [-0.2, -0.15) is 18.3 Å². The van der Waals surface area contributed by atoms with Crippen LogP contribution in [0, 0.1) is 5.82 Å². The summed E-state index contributed by atoms with van der Waals surface area (Å²) >= 11 is 12.0. The summed E-state index contributed by atoms with van der Waals surface area (Å²) in [7, 11) is 2.86. The fraction of sp³-hybridized carbons (Fsp3) is 0.273. The number of carbonyl (C=O) groups is 1. The van der Waals surface area contributed by atoms with E-state index in [1.165, 1.54) is 20.3 Å². The minimum absolute atomic E-state index is 0.118. The number of alkyl halides is 3. The SMILES string of the molecule is COc1ccc([C@H]2C[C@H](C(F)(F)F)n3nc(C(=O)Nc4ccc(F)c(Cl)c4)c(Cl)c3N2)cc1OC. The van der Waals surface area contributed by atoms with Crippen molar-refractivity contribution in [1.82, 2.24) is 9.78 Å². The molecule has 0 spiro atoms. The van der Waals surface area contributed by atoms with Crippen LogP contribution in [0.5, 0.6) is 11.5 Å². The fourth-order valence-electron chi connectivity index (χ4n) is 3.79. The molecule has 1 aliphatic rings. The molecule has 2 atom stereocenters. The lowest BCUT2D eigenvalue weighted by Gasteiger charge is -2.33. The molecular formula is C22H18Cl2F4N4O3. The third-order valence-corrected chi connectivity index (χ3v) is 6.15. The number of carbonyl (C=O) groups excluding carboxylic acids is 1. The van der Waals surface area contributed by atoms with Crippen LogP contribution in [-0.2, 0) is 0 Å². The van der Waals surface area contributed by atoms with Crippen molar-refractivity contribution in [3.05, 3.63) is 63.5 Å². The van der Waals surface area contributed by atoms with Crippen LogP contribution < -0.4 is 20.1 Å². The molecule has 4 rings (SSSR count). The van der Waals surface area contributed by atoms with E-state index in [-0.39, 0.29) is 21.6 Å². The van der Waals surface area contributed by atoms with Crippen LogP contribution in [0.1, 0.15) is 34.6 Å². The third-order valence-electron chi connectivity index (χ3n) is 5.50. The van der Waals surface area contributed by atoms with Gasteiger partial charge in [0.2, 0.25) is 0 Å². The van der Waals surface area contributed by atoms with E-state index < -0.39 is 42.1 Å². The van der Waals surface area contributed by atoms with E-state index in [0.29, 0.717) is 21.7 Å². The number of fused-ring (bicyclic) bond motifs is 1. The monoisotopic (exact) mass is 532 g/mol. The Kier molecular flexibility index (Phi) is 6.74. The number of nitrogens with one attached hydrogen (secondary N) is 2. The summed E-state index contributed by atoms with van der Waals surface area (Å²) in [5.41, 5.74) is 0.177. The first-order chi connectivity index (χ1) is 16.5. The number of amides is 1. The van der Waals surface area contributed by atoms with E-state index >= 15 is 0 Å². The Labute approximate surface area is 206 Å². The molecule has 186 valence electrons. The van der Waals surface area contributed by atoms with Gasteiger partial charge in [-0.1, -0.05) is 29.3 Å². The van der Waals surface area contributed by atoms with Crippen LogP contribution in [-0.4, -0.2) is 36.1 Å². The van der Waals surface area contributed by atoms with E-state index in [1.54, 1.807) is 18.2 Å². The van der Waals surface area contributed by atoms with Crippen LogP contribution in [0.15, 0.2) is 36.4 Å². The molecule has 0 unspecified atom stereocenters. The number of nitrogens with zero attached hydrogens (tertiary/aromatic N) is 2. The van der Waals surface area contributed by atoms with Crippen LogP contribution in [0.3, 0.4) is 0 Å². The summed E-state index contributed by atoms with van der Waals surface area (Å²) in [5, 5.41) is 8.68. The van der Waals surface area contributed by atoms with Crippen molar-refractivity contribution in [3.8, 4) is 11.5 Å². The topological polar surface area (TPSA) is 77.4 Å². The maximum atomic E-state index is 14.0. The Morgan fingerprint density at radius 2 is 1.86 bits per heavy atom. The van der Waals surface area contributed by atoms with Gasteiger partial charge in [-0.05, 0) is 35.9 Å². The zero-order valence-corrected chi connectivity index (χ0v) is 19.7. The highest BCUT2D eigenvalue weighted by atomic mass is 35.5. The number of methoxy groups -OCH3 is 2. The van der Waals surface area contributed by atoms with Crippen molar-refractivity contribution < 1.29 is 31.8 Å². The molecule has 1 aliphatic heterocycles. The average Bonchev–Trinajstić information content (AvgIpc) is 3.16. The average molecular weight is 533 g/mol. The quantitative estimate of drug-likeness (QED) is 0.379. The number of rotatable bonds is 5. The van der Waals surface area contributed by atoms with Crippen LogP contribution in [0.2, 0.25) is 10.0 Å². The highest BCUT2D eigenvalue weighted by Gasteiger charge is 2.48. The zero-order chi connectivity index (χ0) is 25.5. The molecule has 0 bridgehead atoms. The molecule has 2 heterocycles. The molecule has 0 radical (unpaired) electrons. The van der Waals surface area contributed by atoms with Crippen LogP contribution in [0.25, 0.3) is 0 Å². The Morgan fingerprint density at radius 1 is 1.14 bits per heavy atom. The van der Waals surface area contributed by atoms with Gasteiger partial charge >= 0.3 is 6.18 Å². The Bertz CT molecular complexity index is 1280. The zero-order valence-electron chi connectivity index (χ0n) is 18.2. The molecule has 35 heavy (non-hydrogen) atoms. The molecule has 13 heteroatoms. The smallest absolute Gasteiger partial charge is 0.410 e. The molecule has 7 nitrogen and oxygen atoms in total. The normalized spacial score (nSPS) is 17.4. The molecule has 1 amide bonds. The second-order valence-corrected chi connectivity index (χ2v) is 8.43. The molecule has 3 aromatic rings. The number of hydrogen-bond acceptors (Lipinski definition) is 5. The first-order valence-corrected chi connectivity index (χ1v) is 10.9. The van der Waals surface area contributed by atoms with Crippen LogP contribution >= 0.6 is 23.2 Å². The number of aromatic nitrogens is 2. The first-order valence-electron chi connectivity index (χ1n) is 10.1. The van der Waals surface area contributed by atoms with Gasteiger partial charge < -0.3 is 20.1 Å². The van der Waals surface area contributed by atoms with Crippen molar-refractivity contribution in [1.29, 1.82) is 0 Å².